The predicted octanol–water partition coefficient (Wildman–Crippen LogP) is 2.66. The standard InChI is InChI=1S/C13H16ClN3S/c14-5-6-16-7-9-17(10-8-16)13-11-3-1-2-4-12(11)15-18-13/h1-4H,5-10H2. The van der Waals surface area contributed by atoms with Gasteiger partial charge in [-0.05, 0) is 23.7 Å². The zero-order valence-electron chi connectivity index (χ0n) is 10.2. The number of nitrogens with zero attached hydrogens (tertiary/aromatic N) is 3. The third-order valence-electron chi connectivity index (χ3n) is 3.43. The lowest BCUT2D eigenvalue weighted by molar-refractivity contribution is 0.273. The minimum Gasteiger partial charge on any atom is -0.359 e. The van der Waals surface area contributed by atoms with Gasteiger partial charge in [0.05, 0.1) is 5.52 Å². The summed E-state index contributed by atoms with van der Waals surface area (Å²) in [7, 11) is 0. The number of rotatable bonds is 3. The summed E-state index contributed by atoms with van der Waals surface area (Å²) in [4.78, 5) is 4.87. The molecule has 0 atom stereocenters. The minimum atomic E-state index is 0.726. The van der Waals surface area contributed by atoms with Gasteiger partial charge < -0.3 is 4.90 Å². The van der Waals surface area contributed by atoms with E-state index in [9.17, 15) is 0 Å². The van der Waals surface area contributed by atoms with Crippen molar-refractivity contribution in [2.45, 2.75) is 0 Å². The third-order valence-corrected chi connectivity index (χ3v) is 4.53. The molecular formula is C13H16ClN3S. The summed E-state index contributed by atoms with van der Waals surface area (Å²) in [6.07, 6.45) is 0. The second kappa shape index (κ2) is 5.43. The first-order chi connectivity index (χ1) is 8.88. The number of fused-ring (bicyclic) bond motifs is 1. The lowest BCUT2D eigenvalue weighted by Gasteiger charge is -2.34. The molecule has 18 heavy (non-hydrogen) atoms. The molecule has 1 aromatic carbocycles. The largest absolute Gasteiger partial charge is 0.359 e. The molecule has 96 valence electrons. The van der Waals surface area contributed by atoms with Gasteiger partial charge in [-0.15, -0.1) is 11.6 Å². The van der Waals surface area contributed by atoms with Crippen molar-refractivity contribution >= 4 is 39.0 Å². The Labute approximate surface area is 116 Å². The molecule has 0 aliphatic carbocycles. The molecule has 1 aliphatic heterocycles. The number of anilines is 1. The fourth-order valence-electron chi connectivity index (χ4n) is 2.40. The normalized spacial score (nSPS) is 17.5. The highest BCUT2D eigenvalue weighted by atomic mass is 35.5. The van der Waals surface area contributed by atoms with Crippen LogP contribution < -0.4 is 4.90 Å². The van der Waals surface area contributed by atoms with E-state index in [1.54, 1.807) is 11.5 Å². The average Bonchev–Trinajstić information content (AvgIpc) is 2.84. The van der Waals surface area contributed by atoms with E-state index in [1.165, 1.54) is 10.4 Å². The predicted molar refractivity (Wildman–Crippen MR) is 79.0 cm³/mol. The van der Waals surface area contributed by atoms with Crippen molar-refractivity contribution in [3.8, 4) is 0 Å². The van der Waals surface area contributed by atoms with Crippen molar-refractivity contribution in [3.05, 3.63) is 24.3 Å². The first-order valence-corrected chi connectivity index (χ1v) is 7.57. The smallest absolute Gasteiger partial charge is 0.120 e. The molecule has 0 radical (unpaired) electrons. The average molecular weight is 282 g/mol. The van der Waals surface area contributed by atoms with E-state index in [1.807, 2.05) is 6.07 Å². The first-order valence-electron chi connectivity index (χ1n) is 6.26. The Morgan fingerprint density at radius 1 is 1.17 bits per heavy atom. The van der Waals surface area contributed by atoms with Crippen molar-refractivity contribution < 1.29 is 0 Å². The molecule has 3 rings (SSSR count). The Kier molecular flexibility index (Phi) is 3.68. The fraction of sp³-hybridized carbons (Fsp3) is 0.462. The lowest BCUT2D eigenvalue weighted by atomic mass is 10.2. The van der Waals surface area contributed by atoms with E-state index >= 15 is 0 Å². The number of piperazine rings is 1. The molecule has 0 amide bonds. The number of halogens is 1. The molecule has 0 spiro atoms. The molecule has 1 saturated heterocycles. The molecule has 1 fully saturated rings. The van der Waals surface area contributed by atoms with Crippen LogP contribution in [0.15, 0.2) is 24.3 Å². The molecule has 0 N–H and O–H groups in total. The van der Waals surface area contributed by atoms with Gasteiger partial charge in [-0.3, -0.25) is 4.90 Å². The van der Waals surface area contributed by atoms with Crippen molar-refractivity contribution in [1.82, 2.24) is 9.27 Å². The van der Waals surface area contributed by atoms with E-state index in [2.05, 4.69) is 32.4 Å². The summed E-state index contributed by atoms with van der Waals surface area (Å²) in [6.45, 7) is 5.34. The van der Waals surface area contributed by atoms with E-state index in [-0.39, 0.29) is 0 Å². The van der Waals surface area contributed by atoms with Crippen molar-refractivity contribution in [3.63, 3.8) is 0 Å². The van der Waals surface area contributed by atoms with Gasteiger partial charge in [0.25, 0.3) is 0 Å². The molecular weight excluding hydrogens is 266 g/mol. The van der Waals surface area contributed by atoms with Gasteiger partial charge in [0, 0.05) is 44.0 Å². The molecule has 3 nitrogen and oxygen atoms in total. The maximum Gasteiger partial charge on any atom is 0.120 e. The highest BCUT2D eigenvalue weighted by Gasteiger charge is 2.19. The van der Waals surface area contributed by atoms with Gasteiger partial charge >= 0.3 is 0 Å². The topological polar surface area (TPSA) is 19.4 Å². The Morgan fingerprint density at radius 2 is 1.94 bits per heavy atom. The van der Waals surface area contributed by atoms with Crippen LogP contribution in [0.2, 0.25) is 0 Å². The fourth-order valence-corrected chi connectivity index (χ4v) is 3.55. The Morgan fingerprint density at radius 3 is 2.72 bits per heavy atom. The van der Waals surface area contributed by atoms with Crippen LogP contribution in [0.5, 0.6) is 0 Å². The SMILES string of the molecule is ClCCN1CCN(c2snc3ccccc23)CC1. The van der Waals surface area contributed by atoms with Crippen molar-refractivity contribution in [1.29, 1.82) is 0 Å². The van der Waals surface area contributed by atoms with Crippen LogP contribution in [-0.2, 0) is 0 Å². The van der Waals surface area contributed by atoms with Gasteiger partial charge in [0.1, 0.15) is 5.00 Å². The summed E-state index contributed by atoms with van der Waals surface area (Å²) in [5.41, 5.74) is 1.11. The van der Waals surface area contributed by atoms with Crippen molar-refractivity contribution in [2.75, 3.05) is 43.5 Å². The van der Waals surface area contributed by atoms with E-state index in [0.29, 0.717) is 0 Å². The van der Waals surface area contributed by atoms with Crippen LogP contribution in [0.1, 0.15) is 0 Å². The van der Waals surface area contributed by atoms with Crippen LogP contribution in [0.4, 0.5) is 5.00 Å². The quantitative estimate of drug-likeness (QED) is 0.807. The Balaban J connectivity index is 1.76. The van der Waals surface area contributed by atoms with Crippen LogP contribution in [0, 0.1) is 0 Å². The molecule has 0 unspecified atom stereocenters. The molecule has 5 heteroatoms. The zero-order valence-corrected chi connectivity index (χ0v) is 11.8. The van der Waals surface area contributed by atoms with Gasteiger partial charge in [-0.1, -0.05) is 12.1 Å². The van der Waals surface area contributed by atoms with Crippen LogP contribution >= 0.6 is 23.1 Å². The summed E-state index contributed by atoms with van der Waals surface area (Å²) in [6, 6.07) is 8.38. The molecule has 1 aromatic heterocycles. The first kappa shape index (κ1) is 12.2. The molecule has 0 saturated carbocycles. The summed E-state index contributed by atoms with van der Waals surface area (Å²) in [5.74, 6) is 0.726. The van der Waals surface area contributed by atoms with Crippen LogP contribution in [0.3, 0.4) is 0 Å². The zero-order chi connectivity index (χ0) is 12.4. The van der Waals surface area contributed by atoms with Gasteiger partial charge in [0.2, 0.25) is 0 Å². The third kappa shape index (κ3) is 2.32. The molecule has 0 bridgehead atoms. The highest BCUT2D eigenvalue weighted by Crippen LogP contribution is 2.31. The highest BCUT2D eigenvalue weighted by molar-refractivity contribution is 7.11. The summed E-state index contributed by atoms with van der Waals surface area (Å²) >= 11 is 7.40. The Hall–Kier alpha value is -0.840. The number of alkyl halides is 1. The molecule has 2 heterocycles. The van der Waals surface area contributed by atoms with E-state index in [0.717, 1.165) is 44.1 Å². The number of hydrogen-bond acceptors (Lipinski definition) is 4. The summed E-state index contributed by atoms with van der Waals surface area (Å²) < 4.78 is 4.51. The number of aromatic nitrogens is 1. The van der Waals surface area contributed by atoms with Crippen LogP contribution in [0.25, 0.3) is 10.9 Å². The molecule has 2 aromatic rings. The minimum absolute atomic E-state index is 0.726. The van der Waals surface area contributed by atoms with E-state index < -0.39 is 0 Å². The van der Waals surface area contributed by atoms with Gasteiger partial charge in [-0.2, -0.15) is 4.37 Å². The number of hydrogen-bond donors (Lipinski definition) is 0. The molecule has 1 aliphatic rings. The summed E-state index contributed by atoms with van der Waals surface area (Å²) in [5, 5.41) is 2.60. The van der Waals surface area contributed by atoms with Crippen molar-refractivity contribution in [2.24, 2.45) is 0 Å². The van der Waals surface area contributed by atoms with E-state index in [4.69, 9.17) is 11.6 Å². The van der Waals surface area contributed by atoms with Gasteiger partial charge in [0.15, 0.2) is 0 Å². The monoisotopic (exact) mass is 281 g/mol. The van der Waals surface area contributed by atoms with Crippen LogP contribution in [-0.4, -0.2) is 47.9 Å². The number of benzene rings is 1. The Bertz CT molecular complexity index is 520. The lowest BCUT2D eigenvalue weighted by Crippen LogP contribution is -2.46. The maximum absolute atomic E-state index is 5.79. The second-order valence-electron chi connectivity index (χ2n) is 4.52. The van der Waals surface area contributed by atoms with Gasteiger partial charge in [-0.25, -0.2) is 0 Å². The maximum atomic E-state index is 5.79. The second-order valence-corrected chi connectivity index (χ2v) is 5.65.